The summed E-state index contributed by atoms with van der Waals surface area (Å²) in [5.41, 5.74) is 3.83. The van der Waals surface area contributed by atoms with Gasteiger partial charge in [-0.2, -0.15) is 0 Å². The van der Waals surface area contributed by atoms with Crippen molar-refractivity contribution in [3.63, 3.8) is 0 Å². The van der Waals surface area contributed by atoms with Gasteiger partial charge in [-0.25, -0.2) is 9.29 Å². The van der Waals surface area contributed by atoms with Gasteiger partial charge in [0.25, 0.3) is 11.8 Å². The summed E-state index contributed by atoms with van der Waals surface area (Å²) in [5, 5.41) is 3.14. The molecule has 6 heteroatoms. The van der Waals surface area contributed by atoms with Crippen molar-refractivity contribution >= 4 is 28.8 Å². The lowest BCUT2D eigenvalue weighted by atomic mass is 10.0. The molecule has 0 radical (unpaired) electrons. The normalized spacial score (nSPS) is 13.7. The van der Waals surface area contributed by atoms with Crippen LogP contribution in [-0.4, -0.2) is 18.9 Å². The van der Waals surface area contributed by atoms with Crippen LogP contribution in [-0.2, 0) is 9.59 Å². The Bertz CT molecular complexity index is 1200. The molecule has 0 aliphatic carbocycles. The maximum Gasteiger partial charge on any atom is 0.282 e. The molecule has 0 atom stereocenters. The maximum atomic E-state index is 13.5. The highest BCUT2D eigenvalue weighted by atomic mass is 19.1. The number of rotatable bonds is 5. The summed E-state index contributed by atoms with van der Waals surface area (Å²) in [6.45, 7) is 3.91. The predicted molar refractivity (Wildman–Crippen MR) is 118 cm³/mol. The Labute approximate surface area is 179 Å². The molecule has 0 bridgehead atoms. The average Bonchev–Trinajstić information content (AvgIpc) is 2.97. The predicted octanol–water partition coefficient (Wildman–Crippen LogP) is 4.85. The molecule has 0 aromatic heterocycles. The van der Waals surface area contributed by atoms with Crippen molar-refractivity contribution in [2.45, 2.75) is 13.8 Å². The molecule has 1 heterocycles. The summed E-state index contributed by atoms with van der Waals surface area (Å²) in [6.07, 6.45) is 0. The summed E-state index contributed by atoms with van der Waals surface area (Å²) in [7, 11) is 1.48. The van der Waals surface area contributed by atoms with Gasteiger partial charge in [0.1, 0.15) is 17.3 Å². The highest BCUT2D eigenvalue weighted by molar-refractivity contribution is 6.46. The lowest BCUT2D eigenvalue weighted by molar-refractivity contribution is -0.120. The third kappa shape index (κ3) is 3.80. The Morgan fingerprint density at radius 2 is 1.52 bits per heavy atom. The molecule has 2 amide bonds. The Morgan fingerprint density at radius 3 is 2.16 bits per heavy atom. The number of hydrogen-bond acceptors (Lipinski definition) is 4. The first-order chi connectivity index (χ1) is 14.9. The zero-order valence-electron chi connectivity index (χ0n) is 17.4. The van der Waals surface area contributed by atoms with Crippen LogP contribution in [0.15, 0.2) is 72.4 Å². The van der Waals surface area contributed by atoms with E-state index in [2.05, 4.69) is 5.32 Å². The van der Waals surface area contributed by atoms with E-state index >= 15 is 0 Å². The van der Waals surface area contributed by atoms with Gasteiger partial charge in [-0.3, -0.25) is 9.59 Å². The molecular weight excluding hydrogens is 395 g/mol. The van der Waals surface area contributed by atoms with Crippen LogP contribution in [0.25, 0.3) is 5.57 Å². The van der Waals surface area contributed by atoms with Gasteiger partial charge in [-0.1, -0.05) is 30.3 Å². The second-order valence-corrected chi connectivity index (χ2v) is 7.38. The lowest BCUT2D eigenvalue weighted by Crippen LogP contribution is -2.32. The van der Waals surface area contributed by atoms with Gasteiger partial charge < -0.3 is 10.1 Å². The number of hydrogen-bond donors (Lipinski definition) is 1. The number of anilines is 2. The van der Waals surface area contributed by atoms with Crippen LogP contribution < -0.4 is 15.0 Å². The Balaban J connectivity index is 1.86. The first-order valence-corrected chi connectivity index (χ1v) is 9.76. The second-order valence-electron chi connectivity index (χ2n) is 7.38. The van der Waals surface area contributed by atoms with Crippen molar-refractivity contribution in [1.82, 2.24) is 0 Å². The molecule has 5 nitrogen and oxygen atoms in total. The Morgan fingerprint density at radius 1 is 0.871 bits per heavy atom. The minimum Gasteiger partial charge on any atom is -0.495 e. The standard InChI is InChI=1S/C25H21FN2O3/c1-15-12-16(2)14-19(13-15)27-23-22(17-8-10-18(26)11-9-17)24(29)28(25(23)30)20-6-4-5-7-21(20)31-3/h4-14,27H,1-3H3. The molecule has 0 unspecified atom stereocenters. The third-order valence-corrected chi connectivity index (χ3v) is 5.03. The van der Waals surface area contributed by atoms with Crippen molar-refractivity contribution in [3.8, 4) is 5.75 Å². The van der Waals surface area contributed by atoms with Crippen molar-refractivity contribution in [2.24, 2.45) is 0 Å². The van der Waals surface area contributed by atoms with Gasteiger partial charge in [0, 0.05) is 5.69 Å². The van der Waals surface area contributed by atoms with Crippen molar-refractivity contribution in [2.75, 3.05) is 17.3 Å². The van der Waals surface area contributed by atoms with E-state index in [4.69, 9.17) is 4.74 Å². The number of nitrogens with one attached hydrogen (secondary N) is 1. The fourth-order valence-electron chi connectivity index (χ4n) is 3.75. The number of imide groups is 1. The highest BCUT2D eigenvalue weighted by Gasteiger charge is 2.41. The van der Waals surface area contributed by atoms with Gasteiger partial charge in [0.15, 0.2) is 0 Å². The molecule has 0 fully saturated rings. The van der Waals surface area contributed by atoms with Crippen LogP contribution in [0.1, 0.15) is 16.7 Å². The minimum absolute atomic E-state index is 0.132. The maximum absolute atomic E-state index is 13.5. The number of aryl methyl sites for hydroxylation is 2. The molecule has 4 rings (SSSR count). The molecule has 156 valence electrons. The second kappa shape index (κ2) is 8.07. The smallest absolute Gasteiger partial charge is 0.282 e. The largest absolute Gasteiger partial charge is 0.495 e. The van der Waals surface area contributed by atoms with Crippen LogP contribution >= 0.6 is 0 Å². The number of nitrogens with zero attached hydrogens (tertiary/aromatic N) is 1. The number of benzene rings is 3. The minimum atomic E-state index is -0.506. The highest BCUT2D eigenvalue weighted by Crippen LogP contribution is 2.37. The summed E-state index contributed by atoms with van der Waals surface area (Å²) >= 11 is 0. The third-order valence-electron chi connectivity index (χ3n) is 5.03. The average molecular weight is 416 g/mol. The fraction of sp³-hybridized carbons (Fsp3) is 0.120. The molecule has 1 aliphatic rings. The molecule has 3 aromatic carbocycles. The van der Waals surface area contributed by atoms with E-state index in [1.807, 2.05) is 32.0 Å². The molecule has 3 aromatic rings. The molecule has 1 aliphatic heterocycles. The number of carbonyl (C=O) groups excluding carboxylic acids is 2. The number of halogens is 1. The molecule has 0 saturated carbocycles. The monoisotopic (exact) mass is 416 g/mol. The number of carbonyl (C=O) groups is 2. The lowest BCUT2D eigenvalue weighted by Gasteiger charge is -2.18. The summed E-state index contributed by atoms with van der Waals surface area (Å²) in [6, 6.07) is 18.1. The zero-order valence-corrected chi connectivity index (χ0v) is 17.4. The number of methoxy groups -OCH3 is 1. The van der Waals surface area contributed by atoms with Crippen molar-refractivity contribution < 1.29 is 18.7 Å². The molecule has 31 heavy (non-hydrogen) atoms. The van der Waals surface area contributed by atoms with Gasteiger partial charge in [0.05, 0.1) is 18.4 Å². The van der Waals surface area contributed by atoms with Crippen LogP contribution in [0.3, 0.4) is 0 Å². The van der Waals surface area contributed by atoms with Gasteiger partial charge in [-0.15, -0.1) is 0 Å². The SMILES string of the molecule is COc1ccccc1N1C(=O)C(Nc2cc(C)cc(C)c2)=C(c2ccc(F)cc2)C1=O. The van der Waals surface area contributed by atoms with Crippen LogP contribution in [0.4, 0.5) is 15.8 Å². The van der Waals surface area contributed by atoms with E-state index in [-0.39, 0.29) is 11.3 Å². The Hall–Kier alpha value is -3.93. The number of ether oxygens (including phenoxy) is 1. The summed E-state index contributed by atoms with van der Waals surface area (Å²) < 4.78 is 18.9. The summed E-state index contributed by atoms with van der Waals surface area (Å²) in [5.74, 6) is -1.04. The molecule has 0 spiro atoms. The van der Waals surface area contributed by atoms with E-state index in [0.29, 0.717) is 22.7 Å². The van der Waals surface area contributed by atoms with Gasteiger partial charge >= 0.3 is 0 Å². The first-order valence-electron chi connectivity index (χ1n) is 9.76. The van der Waals surface area contributed by atoms with Crippen LogP contribution in [0, 0.1) is 19.7 Å². The Kier molecular flexibility index (Phi) is 5.29. The number of para-hydroxylation sites is 2. The fourth-order valence-corrected chi connectivity index (χ4v) is 3.75. The molecular formula is C25H21FN2O3. The first kappa shape index (κ1) is 20.3. The van der Waals surface area contributed by atoms with Gasteiger partial charge in [-0.05, 0) is 66.9 Å². The van der Waals surface area contributed by atoms with E-state index in [0.717, 1.165) is 16.0 Å². The van der Waals surface area contributed by atoms with E-state index in [9.17, 15) is 14.0 Å². The molecule has 0 saturated heterocycles. The van der Waals surface area contributed by atoms with Crippen molar-refractivity contribution in [3.05, 3.63) is 94.9 Å². The van der Waals surface area contributed by atoms with Crippen molar-refractivity contribution in [1.29, 1.82) is 0 Å². The number of amides is 2. The van der Waals surface area contributed by atoms with E-state index < -0.39 is 17.6 Å². The van der Waals surface area contributed by atoms with Gasteiger partial charge in [0.2, 0.25) is 0 Å². The van der Waals surface area contributed by atoms with Crippen LogP contribution in [0.2, 0.25) is 0 Å². The summed E-state index contributed by atoms with van der Waals surface area (Å²) in [4.78, 5) is 28.0. The topological polar surface area (TPSA) is 58.6 Å². The van der Waals surface area contributed by atoms with E-state index in [1.165, 1.54) is 31.4 Å². The zero-order chi connectivity index (χ0) is 22.1. The van der Waals surface area contributed by atoms with E-state index in [1.54, 1.807) is 24.3 Å². The van der Waals surface area contributed by atoms with Crippen LogP contribution in [0.5, 0.6) is 5.75 Å². The quantitative estimate of drug-likeness (QED) is 0.604. The molecule has 1 N–H and O–H groups in total.